The van der Waals surface area contributed by atoms with Gasteiger partial charge < -0.3 is 0 Å². The van der Waals surface area contributed by atoms with Crippen LogP contribution in [0.15, 0.2) is 0 Å². The first-order valence-corrected chi connectivity index (χ1v) is 23.4. The first-order chi connectivity index (χ1) is 6.60. The molecule has 0 N–H and O–H groups in total. The summed E-state index contributed by atoms with van der Waals surface area (Å²) in [5, 5.41) is 0. The second kappa shape index (κ2) is 5.47. The molecule has 0 bridgehead atoms. The van der Waals surface area contributed by atoms with E-state index in [-0.39, 0.29) is 0 Å². The molecule has 0 aromatic carbocycles. The van der Waals surface area contributed by atoms with E-state index in [0.29, 0.717) is 0 Å². The summed E-state index contributed by atoms with van der Waals surface area (Å²) in [5.74, 6) is 0. The molecule has 0 aliphatic carbocycles. The van der Waals surface area contributed by atoms with E-state index in [1.807, 2.05) is 19.6 Å². The standard InChI is InChI=1S/C3H4Cl3O.C3H9OSi.3ClH.Zn/c1-2(7)3(4,5)6;1-5(2,3)4;;;;/h2H,1H3;1-3H3;3*1H;/q2*-1;;;;+5/p-3. The van der Waals surface area contributed by atoms with Crippen molar-refractivity contribution in [3.8, 4) is 0 Å². The molecule has 0 spiro atoms. The van der Waals surface area contributed by atoms with E-state index < -0.39 is 29.6 Å². The summed E-state index contributed by atoms with van der Waals surface area (Å²) >= 11 is 11.7. The van der Waals surface area contributed by atoms with Crippen LogP contribution in [0.5, 0.6) is 0 Å². The van der Waals surface area contributed by atoms with E-state index in [2.05, 4.69) is 0 Å². The molecule has 0 heterocycles. The van der Waals surface area contributed by atoms with Crippen LogP contribution in [0.4, 0.5) is 0 Å². The van der Waals surface area contributed by atoms with Gasteiger partial charge in [0.25, 0.3) is 0 Å². The van der Waals surface area contributed by atoms with E-state index >= 15 is 0 Å². The van der Waals surface area contributed by atoms with Gasteiger partial charge in [-0.1, -0.05) is 0 Å². The molecule has 0 rings (SSSR count). The topological polar surface area (TPSA) is 18.5 Å². The molecule has 2 nitrogen and oxygen atoms in total. The Kier molecular flexibility index (Phi) is 6.33. The Bertz CT molecular complexity index is 254. The summed E-state index contributed by atoms with van der Waals surface area (Å²) in [6.07, 6.45) is -0.852. The van der Waals surface area contributed by atoms with Crippen LogP contribution in [0.2, 0.25) is 19.6 Å². The van der Waals surface area contributed by atoms with Gasteiger partial charge >= 0.3 is 127 Å². The van der Waals surface area contributed by atoms with Crippen LogP contribution in [0.1, 0.15) is 6.92 Å². The quantitative estimate of drug-likeness (QED) is 0.433. The first kappa shape index (κ1) is 18.5. The van der Waals surface area contributed by atoms with Crippen molar-refractivity contribution in [3.63, 3.8) is 0 Å². The van der Waals surface area contributed by atoms with Crippen LogP contribution in [0.3, 0.4) is 0 Å². The Labute approximate surface area is 126 Å². The van der Waals surface area contributed by atoms with E-state index in [0.717, 1.165) is 0 Å². The fourth-order valence-electron chi connectivity index (χ4n) is 1.18. The van der Waals surface area contributed by atoms with Crippen molar-refractivity contribution in [2.75, 3.05) is 0 Å². The zero-order chi connectivity index (χ0) is 13.4. The summed E-state index contributed by atoms with van der Waals surface area (Å²) in [6.45, 7) is 7.18. The summed E-state index contributed by atoms with van der Waals surface area (Å²) in [6, 6.07) is 0. The molecule has 1 unspecified atom stereocenters. The maximum absolute atomic E-state index is 6.04. The van der Waals surface area contributed by atoms with Gasteiger partial charge in [0.05, 0.1) is 0 Å². The van der Waals surface area contributed by atoms with Gasteiger partial charge in [-0.25, -0.2) is 0 Å². The molecule has 0 aliphatic rings. The van der Waals surface area contributed by atoms with Crippen molar-refractivity contribution in [1.82, 2.24) is 0 Å². The zero-order valence-corrected chi connectivity index (χ0v) is 17.9. The van der Waals surface area contributed by atoms with E-state index in [1.165, 1.54) is 6.92 Å². The third kappa shape index (κ3) is 8.58. The average Bonchev–Trinajstić information content (AvgIpc) is 1.73. The normalized spacial score (nSPS) is 17.4. The summed E-state index contributed by atoms with van der Waals surface area (Å²) in [4.78, 5) is 0. The molecule has 0 aromatic heterocycles. The molecule has 0 fully saturated rings. The van der Waals surface area contributed by atoms with Crippen LogP contribution in [0, 0.1) is 0 Å². The van der Waals surface area contributed by atoms with Crippen LogP contribution in [-0.2, 0) is 18.2 Å². The molecule has 0 saturated carbocycles. The third-order valence-corrected chi connectivity index (χ3v) is 21.3. The first-order valence-electron chi connectivity index (χ1n) is 4.75. The van der Waals surface area contributed by atoms with Crippen molar-refractivity contribution in [2.24, 2.45) is 0 Å². The molecule has 0 aliphatic heterocycles. The monoisotopic (exact) mass is 419 g/mol. The Hall–Kier alpha value is 2.50. The van der Waals surface area contributed by atoms with Gasteiger partial charge in [-0.15, -0.1) is 0 Å². The number of halogens is 6. The predicted molar refractivity (Wildman–Crippen MR) is 72.8 cm³/mol. The number of rotatable bonds is 4. The van der Waals surface area contributed by atoms with Crippen molar-refractivity contribution >= 4 is 72.2 Å². The minimum absolute atomic E-state index is 0.852. The van der Waals surface area contributed by atoms with Gasteiger partial charge in [0.2, 0.25) is 0 Å². The molecule has 1 atom stereocenters. The van der Waals surface area contributed by atoms with E-state index in [4.69, 9.17) is 70.7 Å². The van der Waals surface area contributed by atoms with E-state index in [9.17, 15) is 0 Å². The van der Waals surface area contributed by atoms with Crippen LogP contribution < -0.4 is 0 Å². The predicted octanol–water partition coefficient (Wildman–Crippen LogP) is 5.59. The van der Waals surface area contributed by atoms with Gasteiger partial charge in [0.1, 0.15) is 0 Å². The fraction of sp³-hybridized carbons (Fsp3) is 1.00. The fourth-order valence-corrected chi connectivity index (χ4v) is 32.7. The Balaban J connectivity index is 4.78. The average molecular weight is 423 g/mol. The zero-order valence-electron chi connectivity index (χ0n) is 9.37. The SMILES string of the molecule is CC([O][Zn]([Cl])([Cl])([Cl])[O][Si](C)(C)C)C(Cl)(Cl)Cl. The second-order valence-corrected chi connectivity index (χ2v) is 38.0. The van der Waals surface area contributed by atoms with Crippen LogP contribution in [0.25, 0.3) is 0 Å². The number of alkyl halides is 3. The van der Waals surface area contributed by atoms with Crippen molar-refractivity contribution in [1.29, 1.82) is 0 Å². The summed E-state index contributed by atoms with van der Waals surface area (Å²) in [7, 11) is 16.1. The molecule has 0 aromatic rings. The van der Waals surface area contributed by atoms with Gasteiger partial charge in [-0.2, -0.15) is 0 Å². The minimum atomic E-state index is -5.26. The van der Waals surface area contributed by atoms with E-state index in [1.54, 1.807) is 0 Å². The molecule has 0 radical (unpaired) electrons. The van der Waals surface area contributed by atoms with Gasteiger partial charge in [-0.3, -0.25) is 0 Å². The molecule has 0 amide bonds. The molecule has 16 heavy (non-hydrogen) atoms. The Morgan fingerprint density at radius 3 is 1.69 bits per heavy atom. The van der Waals surface area contributed by atoms with Gasteiger partial charge in [0, 0.05) is 0 Å². The van der Waals surface area contributed by atoms with Crippen molar-refractivity contribution in [2.45, 2.75) is 36.5 Å². The molecular weight excluding hydrogens is 410 g/mol. The number of hydrogen-bond acceptors (Lipinski definition) is 2. The van der Waals surface area contributed by atoms with Crippen LogP contribution >= 0.6 is 63.9 Å². The molecule has 10 heteroatoms. The Morgan fingerprint density at radius 1 is 1.06 bits per heavy atom. The number of hydrogen-bond donors (Lipinski definition) is 0. The summed E-state index contributed by atoms with van der Waals surface area (Å²) < 4.78 is 9.17. The van der Waals surface area contributed by atoms with Crippen molar-refractivity contribution < 1.29 is 18.2 Å². The molecular formula is C6H13Cl6O2SiZn. The maximum atomic E-state index is 6.04. The second-order valence-electron chi connectivity index (χ2n) is 4.68. The van der Waals surface area contributed by atoms with Crippen LogP contribution in [-0.4, -0.2) is 18.2 Å². The van der Waals surface area contributed by atoms with Gasteiger partial charge in [0.15, 0.2) is 0 Å². The molecule has 0 saturated heterocycles. The molecule has 97 valence electrons. The van der Waals surface area contributed by atoms with Gasteiger partial charge in [-0.05, 0) is 0 Å². The Morgan fingerprint density at radius 2 is 1.44 bits per heavy atom. The third-order valence-electron chi connectivity index (χ3n) is 1.62. The van der Waals surface area contributed by atoms with Crippen molar-refractivity contribution in [3.05, 3.63) is 0 Å². The summed E-state index contributed by atoms with van der Waals surface area (Å²) in [5.41, 5.74) is 0.